The number of carbonyl (C=O) groups is 3. The molecule has 6 nitrogen and oxygen atoms in total. The topological polar surface area (TPSA) is 75.7 Å². The van der Waals surface area contributed by atoms with Crippen molar-refractivity contribution in [2.45, 2.75) is 39.3 Å². The second-order valence-corrected chi connectivity index (χ2v) is 5.03. The van der Waals surface area contributed by atoms with Crippen molar-refractivity contribution >= 4 is 17.7 Å². The number of nitrogens with zero attached hydrogens (tertiary/aromatic N) is 1. The molecule has 1 saturated heterocycles. The number of methoxy groups -OCH3 is 1. The van der Waals surface area contributed by atoms with Crippen molar-refractivity contribution in [3.05, 3.63) is 29.1 Å². The normalized spacial score (nSPS) is 19.7. The van der Waals surface area contributed by atoms with Gasteiger partial charge in [-0.2, -0.15) is 0 Å². The van der Waals surface area contributed by atoms with Crippen LogP contribution in [0, 0.1) is 5.82 Å². The van der Waals surface area contributed by atoms with Crippen LogP contribution in [0.2, 0.25) is 0 Å². The average molecular weight is 322 g/mol. The van der Waals surface area contributed by atoms with Crippen molar-refractivity contribution in [2.75, 3.05) is 7.11 Å². The zero-order chi connectivity index (χ0) is 17.1. The third-order valence-electron chi connectivity index (χ3n) is 3.80. The van der Waals surface area contributed by atoms with E-state index in [1.807, 2.05) is 13.8 Å². The Morgan fingerprint density at radius 3 is 2.57 bits per heavy atom. The quantitative estimate of drug-likeness (QED) is 0.840. The van der Waals surface area contributed by atoms with Gasteiger partial charge < -0.3 is 9.64 Å². The lowest BCUT2D eigenvalue weighted by Crippen LogP contribution is -2.52. The molecule has 0 aliphatic carbocycles. The predicted octanol–water partition coefficient (Wildman–Crippen LogP) is 1.62. The third kappa shape index (κ3) is 3.04. The minimum Gasteiger partial charge on any atom is -0.496 e. The molecule has 1 fully saturated rings. The molecule has 2 heterocycles. The van der Waals surface area contributed by atoms with E-state index in [1.165, 1.54) is 18.1 Å². The third-order valence-corrected chi connectivity index (χ3v) is 3.80. The number of piperidine rings is 1. The molecule has 124 valence electrons. The van der Waals surface area contributed by atoms with Gasteiger partial charge in [-0.3, -0.25) is 19.7 Å². The summed E-state index contributed by atoms with van der Waals surface area (Å²) in [6.07, 6.45) is 0.456. The summed E-state index contributed by atoms with van der Waals surface area (Å²) in [5.41, 5.74) is 0.769. The van der Waals surface area contributed by atoms with E-state index in [9.17, 15) is 18.8 Å². The minimum atomic E-state index is -0.713. The fourth-order valence-electron chi connectivity index (χ4n) is 2.78. The van der Waals surface area contributed by atoms with Crippen molar-refractivity contribution in [3.63, 3.8) is 0 Å². The summed E-state index contributed by atoms with van der Waals surface area (Å²) in [5.74, 6) is -1.54. The zero-order valence-electron chi connectivity index (χ0n) is 13.3. The summed E-state index contributed by atoms with van der Waals surface area (Å²) >= 11 is 0. The van der Waals surface area contributed by atoms with Gasteiger partial charge in [-0.15, -0.1) is 0 Å². The maximum absolute atomic E-state index is 13.5. The first-order chi connectivity index (χ1) is 11.0. The van der Waals surface area contributed by atoms with E-state index < -0.39 is 23.7 Å². The monoisotopic (exact) mass is 322 g/mol. The summed E-state index contributed by atoms with van der Waals surface area (Å²) in [6.45, 7) is 4.17. The number of benzene rings is 1. The Bertz CT molecular complexity index is 660. The van der Waals surface area contributed by atoms with Crippen molar-refractivity contribution in [1.82, 2.24) is 10.2 Å². The van der Waals surface area contributed by atoms with Gasteiger partial charge in [0.2, 0.25) is 11.8 Å². The fourth-order valence-corrected chi connectivity index (χ4v) is 2.78. The molecule has 23 heavy (non-hydrogen) atoms. The molecule has 1 unspecified atom stereocenters. The van der Waals surface area contributed by atoms with Gasteiger partial charge in [0.25, 0.3) is 5.91 Å². The minimum absolute atomic E-state index is 0.171. The Kier molecular flexibility index (Phi) is 4.98. The molecule has 1 aromatic carbocycles. The van der Waals surface area contributed by atoms with Gasteiger partial charge in [0, 0.05) is 18.1 Å². The first-order valence-corrected chi connectivity index (χ1v) is 7.52. The van der Waals surface area contributed by atoms with E-state index in [0.29, 0.717) is 5.56 Å². The molecule has 0 spiro atoms. The molecular formula is C16H19FN2O4. The Morgan fingerprint density at radius 1 is 1.26 bits per heavy atom. The Hall–Kier alpha value is -2.44. The molecule has 1 N–H and O–H groups in total. The number of hydrogen-bond acceptors (Lipinski definition) is 4. The van der Waals surface area contributed by atoms with Gasteiger partial charge in [0.05, 0.1) is 19.2 Å². The van der Waals surface area contributed by atoms with Gasteiger partial charge in [0.15, 0.2) is 0 Å². The summed E-state index contributed by atoms with van der Waals surface area (Å²) in [4.78, 5) is 36.8. The van der Waals surface area contributed by atoms with Crippen LogP contribution in [-0.4, -0.2) is 35.8 Å². The predicted molar refractivity (Wildman–Crippen MR) is 80.3 cm³/mol. The van der Waals surface area contributed by atoms with Crippen LogP contribution >= 0.6 is 0 Å². The summed E-state index contributed by atoms with van der Waals surface area (Å²) < 4.78 is 18.6. The average Bonchev–Trinajstić information content (AvgIpc) is 2.86. The second-order valence-electron chi connectivity index (χ2n) is 5.03. The molecule has 7 heteroatoms. The number of hydrogen-bond donors (Lipinski definition) is 1. The molecule has 2 aliphatic rings. The van der Waals surface area contributed by atoms with Gasteiger partial charge in [0.1, 0.15) is 17.6 Å². The lowest BCUT2D eigenvalue weighted by atomic mass is 10.0. The van der Waals surface area contributed by atoms with E-state index in [0.717, 1.165) is 6.07 Å². The van der Waals surface area contributed by atoms with Gasteiger partial charge in [-0.1, -0.05) is 13.8 Å². The number of ether oxygens (including phenoxy) is 1. The first-order valence-electron chi connectivity index (χ1n) is 7.52. The highest BCUT2D eigenvalue weighted by Crippen LogP contribution is 2.34. The fraction of sp³-hybridized carbons (Fsp3) is 0.438. The van der Waals surface area contributed by atoms with Crippen molar-refractivity contribution < 1.29 is 23.5 Å². The summed E-state index contributed by atoms with van der Waals surface area (Å²) in [7, 11) is 1.40. The molecule has 0 aromatic heterocycles. The summed E-state index contributed by atoms with van der Waals surface area (Å²) in [5, 5.41) is 2.22. The number of rotatable bonds is 2. The van der Waals surface area contributed by atoms with Crippen LogP contribution < -0.4 is 10.1 Å². The summed E-state index contributed by atoms with van der Waals surface area (Å²) in [6, 6.07) is 1.64. The number of halogens is 1. The highest BCUT2D eigenvalue weighted by molar-refractivity contribution is 6.05. The van der Waals surface area contributed by atoms with Crippen LogP contribution in [0.4, 0.5) is 4.39 Å². The number of nitrogens with one attached hydrogen (secondary N) is 1. The standard InChI is InChI=1S/C14H13FN2O4.C2H6/c1-21-11-5-7(15)4-8-9(11)6-17(14(8)20)10-2-3-12(18)16-13(10)19;1-2/h4-5,10H,2-3,6H2,1H3,(H,16,18,19);1-2H3. The first kappa shape index (κ1) is 16.9. The SMILES string of the molecule is CC.COc1cc(F)cc2c1CN(C1CCC(=O)NC1=O)C2=O. The van der Waals surface area contributed by atoms with Crippen LogP contribution in [0.5, 0.6) is 5.75 Å². The molecule has 0 saturated carbocycles. The highest BCUT2D eigenvalue weighted by Gasteiger charge is 2.40. The zero-order valence-corrected chi connectivity index (χ0v) is 13.3. The number of fused-ring (bicyclic) bond motifs is 1. The van der Waals surface area contributed by atoms with E-state index in [2.05, 4.69) is 5.32 Å². The van der Waals surface area contributed by atoms with E-state index in [-0.39, 0.29) is 36.6 Å². The van der Waals surface area contributed by atoms with Crippen LogP contribution in [-0.2, 0) is 16.1 Å². The number of carbonyl (C=O) groups excluding carboxylic acids is 3. The van der Waals surface area contributed by atoms with Gasteiger partial charge in [-0.25, -0.2) is 4.39 Å². The van der Waals surface area contributed by atoms with Crippen molar-refractivity contribution in [3.8, 4) is 5.75 Å². The lowest BCUT2D eigenvalue weighted by molar-refractivity contribution is -0.136. The number of imide groups is 1. The molecule has 3 rings (SSSR count). The molecule has 0 bridgehead atoms. The maximum atomic E-state index is 13.5. The van der Waals surface area contributed by atoms with Crippen molar-refractivity contribution in [1.29, 1.82) is 0 Å². The molecular weight excluding hydrogens is 303 g/mol. The molecule has 0 radical (unpaired) electrons. The molecule has 3 amide bonds. The van der Waals surface area contributed by atoms with E-state index in [4.69, 9.17) is 4.74 Å². The van der Waals surface area contributed by atoms with Crippen molar-refractivity contribution in [2.24, 2.45) is 0 Å². The van der Waals surface area contributed by atoms with Crippen LogP contribution in [0.25, 0.3) is 0 Å². The lowest BCUT2D eigenvalue weighted by Gasteiger charge is -2.29. The Labute approximate surface area is 133 Å². The van der Waals surface area contributed by atoms with E-state index in [1.54, 1.807) is 0 Å². The molecule has 2 aliphatic heterocycles. The largest absolute Gasteiger partial charge is 0.496 e. The van der Waals surface area contributed by atoms with Crippen LogP contribution in [0.15, 0.2) is 12.1 Å². The van der Waals surface area contributed by atoms with Gasteiger partial charge in [-0.05, 0) is 12.5 Å². The van der Waals surface area contributed by atoms with Crippen LogP contribution in [0.3, 0.4) is 0 Å². The Balaban J connectivity index is 0.000000924. The van der Waals surface area contributed by atoms with Crippen LogP contribution in [0.1, 0.15) is 42.6 Å². The second kappa shape index (κ2) is 6.76. The van der Waals surface area contributed by atoms with E-state index >= 15 is 0 Å². The maximum Gasteiger partial charge on any atom is 0.255 e. The molecule has 1 aromatic rings. The van der Waals surface area contributed by atoms with Gasteiger partial charge >= 0.3 is 0 Å². The Morgan fingerprint density at radius 2 is 1.96 bits per heavy atom. The highest BCUT2D eigenvalue weighted by atomic mass is 19.1. The smallest absolute Gasteiger partial charge is 0.255 e. The molecule has 1 atom stereocenters. The number of amides is 3.